The van der Waals surface area contributed by atoms with E-state index in [0.717, 1.165) is 25.0 Å². The molecule has 4 rings (SSSR count). The van der Waals surface area contributed by atoms with Crippen molar-refractivity contribution in [2.75, 3.05) is 18.9 Å². The summed E-state index contributed by atoms with van der Waals surface area (Å²) in [5.74, 6) is 0.880. The fourth-order valence-electron chi connectivity index (χ4n) is 3.32. The highest BCUT2D eigenvalue weighted by Gasteiger charge is 2.47. The molecule has 3 aliphatic rings. The van der Waals surface area contributed by atoms with Crippen molar-refractivity contribution in [2.45, 2.75) is 43.4 Å². The van der Waals surface area contributed by atoms with E-state index in [4.69, 9.17) is 15.2 Å². The topological polar surface area (TPSA) is 93.5 Å². The Morgan fingerprint density at radius 3 is 2.75 bits per heavy atom. The molecule has 108 valence electrons. The van der Waals surface area contributed by atoms with E-state index in [9.17, 15) is 4.79 Å². The van der Waals surface area contributed by atoms with Crippen molar-refractivity contribution in [3.8, 4) is 0 Å². The van der Waals surface area contributed by atoms with E-state index in [0.29, 0.717) is 24.9 Å². The predicted molar refractivity (Wildman–Crippen MR) is 70.1 cm³/mol. The average Bonchev–Trinajstić information content (AvgIpc) is 2.80. The normalized spacial score (nSPS) is 35.1. The molecule has 1 aliphatic carbocycles. The lowest BCUT2D eigenvalue weighted by Gasteiger charge is -2.51. The lowest BCUT2D eigenvalue weighted by atomic mass is 9.80. The molecule has 7 heteroatoms. The number of amides is 1. The number of nitrogens with two attached hydrogens (primary N) is 1. The van der Waals surface area contributed by atoms with Gasteiger partial charge in [0.1, 0.15) is 11.9 Å². The average molecular weight is 278 g/mol. The summed E-state index contributed by atoms with van der Waals surface area (Å²) >= 11 is 0. The van der Waals surface area contributed by atoms with Crippen LogP contribution in [0.1, 0.15) is 30.9 Å². The van der Waals surface area contributed by atoms with E-state index in [1.165, 1.54) is 0 Å². The molecule has 1 aromatic rings. The van der Waals surface area contributed by atoms with Crippen LogP contribution in [0.3, 0.4) is 0 Å². The molecule has 20 heavy (non-hydrogen) atoms. The first kappa shape index (κ1) is 12.0. The van der Waals surface area contributed by atoms with Crippen molar-refractivity contribution in [3.05, 3.63) is 11.8 Å². The maximum atomic E-state index is 12.1. The molecule has 1 saturated carbocycles. The second kappa shape index (κ2) is 4.37. The van der Waals surface area contributed by atoms with E-state index in [2.05, 4.69) is 10.2 Å². The first-order chi connectivity index (χ1) is 9.70. The van der Waals surface area contributed by atoms with Crippen LogP contribution in [0, 0.1) is 0 Å². The Morgan fingerprint density at radius 2 is 2.15 bits per heavy atom. The maximum Gasteiger partial charge on any atom is 0.410 e. The number of nitrogen functional groups attached to an aromatic ring is 1. The summed E-state index contributed by atoms with van der Waals surface area (Å²) in [7, 11) is 0. The standard InChI is InChI=1S/C13H18N4O3/c14-12-4-11(15-16-12)7-1-10(2-7)20-13(18)17-8-3-9(17)6-19-5-8/h4,7-10H,1-3,5-6H2,(H3,14,15,16). The number of hydrogen-bond acceptors (Lipinski definition) is 5. The number of aromatic nitrogens is 2. The van der Waals surface area contributed by atoms with E-state index >= 15 is 0 Å². The van der Waals surface area contributed by atoms with Crippen molar-refractivity contribution in [1.29, 1.82) is 0 Å². The van der Waals surface area contributed by atoms with Crippen LogP contribution in [-0.4, -0.2) is 52.6 Å². The minimum Gasteiger partial charge on any atom is -0.446 e. The number of carbonyl (C=O) groups is 1. The van der Waals surface area contributed by atoms with Crippen LogP contribution in [0.2, 0.25) is 0 Å². The van der Waals surface area contributed by atoms with Crippen molar-refractivity contribution in [1.82, 2.24) is 15.1 Å². The van der Waals surface area contributed by atoms with Crippen LogP contribution in [-0.2, 0) is 9.47 Å². The van der Waals surface area contributed by atoms with Crippen LogP contribution in [0.25, 0.3) is 0 Å². The van der Waals surface area contributed by atoms with Crippen molar-refractivity contribution in [2.24, 2.45) is 0 Å². The molecule has 1 aromatic heterocycles. The molecule has 7 nitrogen and oxygen atoms in total. The van der Waals surface area contributed by atoms with Gasteiger partial charge in [-0.1, -0.05) is 0 Å². The quantitative estimate of drug-likeness (QED) is 0.836. The molecule has 3 heterocycles. The van der Waals surface area contributed by atoms with Crippen molar-refractivity contribution >= 4 is 11.9 Å². The van der Waals surface area contributed by atoms with Gasteiger partial charge >= 0.3 is 6.09 Å². The van der Waals surface area contributed by atoms with Crippen LogP contribution < -0.4 is 5.73 Å². The van der Waals surface area contributed by atoms with E-state index in [1.807, 2.05) is 11.0 Å². The third-order valence-corrected chi connectivity index (χ3v) is 4.58. The highest BCUT2D eigenvalue weighted by molar-refractivity contribution is 5.70. The highest BCUT2D eigenvalue weighted by Crippen LogP contribution is 2.39. The first-order valence-electron chi connectivity index (χ1n) is 7.08. The summed E-state index contributed by atoms with van der Waals surface area (Å²) in [4.78, 5) is 13.9. The fraction of sp³-hybridized carbons (Fsp3) is 0.692. The number of hydrogen-bond donors (Lipinski definition) is 2. The molecule has 0 spiro atoms. The predicted octanol–water partition coefficient (Wildman–Crippen LogP) is 0.848. The van der Waals surface area contributed by atoms with Crippen LogP contribution >= 0.6 is 0 Å². The first-order valence-corrected chi connectivity index (χ1v) is 7.08. The molecule has 2 atom stereocenters. The summed E-state index contributed by atoms with van der Waals surface area (Å²) in [5, 5.41) is 6.83. The summed E-state index contributed by atoms with van der Waals surface area (Å²) in [6.45, 7) is 1.29. The van der Waals surface area contributed by atoms with Gasteiger partial charge in [0.2, 0.25) is 0 Å². The molecule has 3 N–H and O–H groups in total. The third-order valence-electron chi connectivity index (χ3n) is 4.58. The van der Waals surface area contributed by atoms with Gasteiger partial charge in [0.05, 0.1) is 25.3 Å². The minimum atomic E-state index is -0.179. The molecule has 3 fully saturated rings. The number of fused-ring (bicyclic) bond motifs is 2. The maximum absolute atomic E-state index is 12.1. The van der Waals surface area contributed by atoms with Gasteiger partial charge < -0.3 is 15.2 Å². The Bertz CT molecular complexity index is 511. The van der Waals surface area contributed by atoms with Crippen molar-refractivity contribution < 1.29 is 14.3 Å². The summed E-state index contributed by atoms with van der Waals surface area (Å²) in [6.07, 6.45) is 2.57. The van der Waals surface area contributed by atoms with Crippen LogP contribution in [0.4, 0.5) is 10.6 Å². The fourth-order valence-corrected chi connectivity index (χ4v) is 3.32. The number of nitrogens with zero attached hydrogens (tertiary/aromatic N) is 2. The zero-order valence-corrected chi connectivity index (χ0v) is 11.1. The van der Waals surface area contributed by atoms with Gasteiger partial charge in [0.15, 0.2) is 0 Å². The largest absolute Gasteiger partial charge is 0.446 e. The van der Waals surface area contributed by atoms with Crippen LogP contribution in [0.15, 0.2) is 6.07 Å². The number of aromatic amines is 1. The van der Waals surface area contributed by atoms with Gasteiger partial charge in [0, 0.05) is 17.7 Å². The minimum absolute atomic E-state index is 0.0132. The number of morpholine rings is 1. The van der Waals surface area contributed by atoms with E-state index < -0.39 is 0 Å². The number of anilines is 1. The Kier molecular flexibility index (Phi) is 2.63. The molecule has 0 radical (unpaired) electrons. The molecule has 2 bridgehead atoms. The number of nitrogens with one attached hydrogen (secondary N) is 1. The smallest absolute Gasteiger partial charge is 0.410 e. The number of ether oxygens (including phenoxy) is 2. The lowest BCUT2D eigenvalue weighted by Crippen LogP contribution is -2.66. The Balaban J connectivity index is 1.28. The molecule has 2 unspecified atom stereocenters. The number of rotatable bonds is 2. The number of H-pyrrole nitrogens is 1. The molecule has 2 aliphatic heterocycles. The Hall–Kier alpha value is -1.76. The van der Waals surface area contributed by atoms with E-state index in [1.54, 1.807) is 0 Å². The van der Waals surface area contributed by atoms with Gasteiger partial charge in [-0.15, -0.1) is 0 Å². The van der Waals surface area contributed by atoms with Gasteiger partial charge in [-0.2, -0.15) is 5.10 Å². The zero-order chi connectivity index (χ0) is 13.7. The molecule has 0 aromatic carbocycles. The van der Waals surface area contributed by atoms with Crippen LogP contribution in [0.5, 0.6) is 0 Å². The molecular weight excluding hydrogens is 260 g/mol. The van der Waals surface area contributed by atoms with Gasteiger partial charge in [-0.05, 0) is 19.3 Å². The second-order valence-electron chi connectivity index (χ2n) is 5.91. The Morgan fingerprint density at radius 1 is 1.40 bits per heavy atom. The van der Waals surface area contributed by atoms with Crippen molar-refractivity contribution in [3.63, 3.8) is 0 Å². The molecular formula is C13H18N4O3. The third kappa shape index (κ3) is 1.84. The van der Waals surface area contributed by atoms with Gasteiger partial charge in [0.25, 0.3) is 0 Å². The summed E-state index contributed by atoms with van der Waals surface area (Å²) in [5.41, 5.74) is 6.61. The Labute approximate surface area is 116 Å². The van der Waals surface area contributed by atoms with Gasteiger partial charge in [-0.25, -0.2) is 4.79 Å². The summed E-state index contributed by atoms with van der Waals surface area (Å²) in [6, 6.07) is 2.30. The molecule has 2 saturated heterocycles. The zero-order valence-electron chi connectivity index (χ0n) is 11.1. The van der Waals surface area contributed by atoms with Gasteiger partial charge in [-0.3, -0.25) is 10.00 Å². The number of carbonyl (C=O) groups excluding carboxylic acids is 1. The second-order valence-corrected chi connectivity index (χ2v) is 5.91. The van der Waals surface area contributed by atoms with E-state index in [-0.39, 0.29) is 24.3 Å². The highest BCUT2D eigenvalue weighted by atomic mass is 16.6. The summed E-state index contributed by atoms with van der Waals surface area (Å²) < 4.78 is 10.9. The molecule has 1 amide bonds. The lowest BCUT2D eigenvalue weighted by molar-refractivity contribution is -0.121. The SMILES string of the molecule is Nc1cc(C2CC(OC(=O)N3C4COCC3C4)C2)[nH]n1. The monoisotopic (exact) mass is 278 g/mol.